The molecule has 0 aliphatic rings. The SMILES string of the molecule is COc1cc(C(=O)NNC(=O)[C@@H](C)NS(=O)(=O)c2ccccc2F)ccc1OC(C)C. The molecular weight excluding hydrogens is 429 g/mol. The predicted octanol–water partition coefficient (Wildman–Crippen LogP) is 1.75. The summed E-state index contributed by atoms with van der Waals surface area (Å²) in [7, 11) is -2.85. The maximum atomic E-state index is 13.7. The minimum atomic E-state index is -4.28. The lowest BCUT2D eigenvalue weighted by atomic mass is 10.2. The van der Waals surface area contributed by atoms with Crippen LogP contribution >= 0.6 is 0 Å². The first-order chi connectivity index (χ1) is 14.5. The van der Waals surface area contributed by atoms with Crippen LogP contribution in [0.5, 0.6) is 11.5 Å². The molecule has 2 aromatic carbocycles. The molecule has 2 amide bonds. The number of hydrogen-bond donors (Lipinski definition) is 3. The van der Waals surface area contributed by atoms with E-state index in [1.165, 1.54) is 38.3 Å². The van der Waals surface area contributed by atoms with Crippen LogP contribution in [0.15, 0.2) is 47.4 Å². The fourth-order valence-electron chi connectivity index (χ4n) is 2.47. The number of carbonyl (C=O) groups excluding carboxylic acids is 2. The van der Waals surface area contributed by atoms with E-state index in [1.807, 2.05) is 13.8 Å². The van der Waals surface area contributed by atoms with Gasteiger partial charge in [-0.2, -0.15) is 4.72 Å². The Morgan fingerprint density at radius 2 is 1.68 bits per heavy atom. The molecule has 1 atom stereocenters. The van der Waals surface area contributed by atoms with Crippen molar-refractivity contribution < 1.29 is 31.9 Å². The summed E-state index contributed by atoms with van der Waals surface area (Å²) >= 11 is 0. The standard InChI is InChI=1S/C20H24FN3O6S/c1-12(2)30-16-10-9-14(11-17(16)29-4)20(26)23-22-19(25)13(3)24-31(27,28)18-8-6-5-7-15(18)21/h5-13,24H,1-4H3,(H,22,25)(H,23,26)/t13-/m1/s1. The van der Waals surface area contributed by atoms with Gasteiger partial charge in [0.05, 0.1) is 19.3 Å². The average Bonchev–Trinajstić information content (AvgIpc) is 2.71. The third-order valence-corrected chi connectivity index (χ3v) is 5.51. The van der Waals surface area contributed by atoms with Crippen molar-refractivity contribution in [3.05, 3.63) is 53.8 Å². The molecule has 31 heavy (non-hydrogen) atoms. The van der Waals surface area contributed by atoms with Crippen molar-refractivity contribution in [1.82, 2.24) is 15.6 Å². The zero-order valence-electron chi connectivity index (χ0n) is 17.4. The highest BCUT2D eigenvalue weighted by Gasteiger charge is 2.25. The fourth-order valence-corrected chi connectivity index (χ4v) is 3.75. The zero-order valence-corrected chi connectivity index (χ0v) is 18.2. The number of halogens is 1. The van der Waals surface area contributed by atoms with Gasteiger partial charge in [0, 0.05) is 5.56 Å². The molecule has 0 fully saturated rings. The Hall–Kier alpha value is -3.18. The minimum Gasteiger partial charge on any atom is -0.493 e. The number of ether oxygens (including phenoxy) is 2. The van der Waals surface area contributed by atoms with Crippen molar-refractivity contribution in [2.45, 2.75) is 37.8 Å². The van der Waals surface area contributed by atoms with Crippen molar-refractivity contribution in [2.24, 2.45) is 0 Å². The van der Waals surface area contributed by atoms with Crippen LogP contribution in [0.1, 0.15) is 31.1 Å². The largest absolute Gasteiger partial charge is 0.493 e. The minimum absolute atomic E-state index is 0.0949. The summed E-state index contributed by atoms with van der Waals surface area (Å²) in [5.74, 6) is -1.67. The van der Waals surface area contributed by atoms with Crippen LogP contribution in [0.25, 0.3) is 0 Å². The van der Waals surface area contributed by atoms with Gasteiger partial charge in [0.2, 0.25) is 10.0 Å². The first-order valence-electron chi connectivity index (χ1n) is 9.27. The van der Waals surface area contributed by atoms with Gasteiger partial charge in [-0.1, -0.05) is 12.1 Å². The van der Waals surface area contributed by atoms with Crippen LogP contribution in [-0.2, 0) is 14.8 Å². The van der Waals surface area contributed by atoms with E-state index < -0.39 is 38.6 Å². The number of rotatable bonds is 8. The van der Waals surface area contributed by atoms with E-state index in [-0.39, 0.29) is 11.7 Å². The van der Waals surface area contributed by atoms with Gasteiger partial charge in [-0.25, -0.2) is 12.8 Å². The van der Waals surface area contributed by atoms with E-state index in [4.69, 9.17) is 9.47 Å². The molecule has 11 heteroatoms. The Kier molecular flexibility index (Phi) is 7.95. The molecule has 0 aliphatic heterocycles. The number of carbonyl (C=O) groups is 2. The molecule has 2 rings (SSSR count). The molecule has 0 saturated carbocycles. The van der Waals surface area contributed by atoms with Crippen LogP contribution in [-0.4, -0.2) is 39.5 Å². The summed E-state index contributed by atoms with van der Waals surface area (Å²) in [6.45, 7) is 4.94. The molecule has 0 bridgehead atoms. The molecule has 9 nitrogen and oxygen atoms in total. The zero-order chi connectivity index (χ0) is 23.2. The smallest absolute Gasteiger partial charge is 0.269 e. The van der Waals surface area contributed by atoms with E-state index in [2.05, 4.69) is 15.6 Å². The Labute approximate surface area is 180 Å². The van der Waals surface area contributed by atoms with E-state index in [9.17, 15) is 22.4 Å². The van der Waals surface area contributed by atoms with Crippen molar-refractivity contribution in [1.29, 1.82) is 0 Å². The summed E-state index contributed by atoms with van der Waals surface area (Å²) in [6, 6.07) is 7.94. The van der Waals surface area contributed by atoms with Gasteiger partial charge in [0.1, 0.15) is 10.7 Å². The van der Waals surface area contributed by atoms with E-state index in [0.717, 1.165) is 12.1 Å². The maximum absolute atomic E-state index is 13.7. The number of benzene rings is 2. The molecule has 3 N–H and O–H groups in total. The summed E-state index contributed by atoms with van der Waals surface area (Å²) in [6.07, 6.45) is -0.0949. The lowest BCUT2D eigenvalue weighted by Gasteiger charge is -2.16. The van der Waals surface area contributed by atoms with E-state index >= 15 is 0 Å². The Morgan fingerprint density at radius 3 is 2.29 bits per heavy atom. The molecule has 168 valence electrons. The highest BCUT2D eigenvalue weighted by molar-refractivity contribution is 7.89. The van der Waals surface area contributed by atoms with Crippen LogP contribution < -0.4 is 25.0 Å². The third-order valence-electron chi connectivity index (χ3n) is 3.94. The third kappa shape index (κ3) is 6.40. The molecule has 0 unspecified atom stereocenters. The fraction of sp³-hybridized carbons (Fsp3) is 0.300. The summed E-state index contributed by atoms with van der Waals surface area (Å²) in [5, 5.41) is 0. The lowest BCUT2D eigenvalue weighted by molar-refractivity contribution is -0.123. The van der Waals surface area contributed by atoms with Crippen LogP contribution in [0.3, 0.4) is 0 Å². The summed E-state index contributed by atoms with van der Waals surface area (Å²) in [4.78, 5) is 23.9. The summed E-state index contributed by atoms with van der Waals surface area (Å²) in [5.41, 5.74) is 4.48. The van der Waals surface area contributed by atoms with Crippen LogP contribution in [0, 0.1) is 5.82 Å². The number of nitrogens with one attached hydrogen (secondary N) is 3. The van der Waals surface area contributed by atoms with Gasteiger partial charge in [-0.3, -0.25) is 20.4 Å². The number of methoxy groups -OCH3 is 1. The molecule has 0 spiro atoms. The van der Waals surface area contributed by atoms with Crippen molar-refractivity contribution in [2.75, 3.05) is 7.11 Å². The monoisotopic (exact) mass is 453 g/mol. The van der Waals surface area contributed by atoms with Crippen molar-refractivity contribution >= 4 is 21.8 Å². The van der Waals surface area contributed by atoms with Gasteiger partial charge in [0.25, 0.3) is 11.8 Å². The Balaban J connectivity index is 2.00. The average molecular weight is 453 g/mol. The number of sulfonamides is 1. The van der Waals surface area contributed by atoms with E-state index in [1.54, 1.807) is 6.07 Å². The normalized spacial score (nSPS) is 12.2. The second-order valence-corrected chi connectivity index (χ2v) is 8.43. The first-order valence-corrected chi connectivity index (χ1v) is 10.7. The van der Waals surface area contributed by atoms with Crippen molar-refractivity contribution in [3.8, 4) is 11.5 Å². The number of amides is 2. The highest BCUT2D eigenvalue weighted by atomic mass is 32.2. The first kappa shape index (κ1) is 24.1. The van der Waals surface area contributed by atoms with Gasteiger partial charge < -0.3 is 9.47 Å². The molecule has 2 aromatic rings. The summed E-state index contributed by atoms with van der Waals surface area (Å²) < 4.78 is 51.1. The van der Waals surface area contributed by atoms with E-state index in [0.29, 0.717) is 11.5 Å². The van der Waals surface area contributed by atoms with Crippen molar-refractivity contribution in [3.63, 3.8) is 0 Å². The molecular formula is C20H24FN3O6S. The molecule has 0 saturated heterocycles. The van der Waals surface area contributed by atoms with Crippen LogP contribution in [0.4, 0.5) is 4.39 Å². The Bertz CT molecular complexity index is 1060. The second-order valence-electron chi connectivity index (χ2n) is 6.75. The molecule has 0 aromatic heterocycles. The van der Waals surface area contributed by atoms with Gasteiger partial charge in [-0.15, -0.1) is 0 Å². The quantitative estimate of drug-likeness (QED) is 0.524. The topological polar surface area (TPSA) is 123 Å². The predicted molar refractivity (Wildman–Crippen MR) is 111 cm³/mol. The van der Waals surface area contributed by atoms with Crippen LogP contribution in [0.2, 0.25) is 0 Å². The van der Waals surface area contributed by atoms with Gasteiger partial charge >= 0.3 is 0 Å². The second kappa shape index (κ2) is 10.2. The number of hydrogen-bond acceptors (Lipinski definition) is 6. The van der Waals surface area contributed by atoms with Gasteiger partial charge in [-0.05, 0) is 51.1 Å². The number of hydrazine groups is 1. The molecule has 0 heterocycles. The highest BCUT2D eigenvalue weighted by Crippen LogP contribution is 2.28. The molecule has 0 radical (unpaired) electrons. The maximum Gasteiger partial charge on any atom is 0.269 e. The molecule has 0 aliphatic carbocycles. The lowest BCUT2D eigenvalue weighted by Crippen LogP contribution is -2.51. The Morgan fingerprint density at radius 1 is 1.00 bits per heavy atom. The van der Waals surface area contributed by atoms with Gasteiger partial charge in [0.15, 0.2) is 11.5 Å².